The Balaban J connectivity index is 1.78. The molecule has 1 N–H and O–H groups in total. The first kappa shape index (κ1) is 17.5. The average Bonchev–Trinajstić information content (AvgIpc) is 3.33. The number of hydrogen-bond acceptors (Lipinski definition) is 3. The number of thiophene rings is 1. The Kier molecular flexibility index (Phi) is 5.40. The largest absolute Gasteiger partial charge is 0.347 e. The molecule has 2 heterocycles. The quantitative estimate of drug-likeness (QED) is 0.635. The Labute approximate surface area is 152 Å². The number of amides is 1. The van der Waals surface area contributed by atoms with Crippen molar-refractivity contribution >= 4 is 23.3 Å². The molecule has 0 aromatic carbocycles. The Hall–Kier alpha value is -2.32. The highest BCUT2D eigenvalue weighted by Gasteiger charge is 2.21. The lowest BCUT2D eigenvalue weighted by Crippen LogP contribution is -2.23. The van der Waals surface area contributed by atoms with Gasteiger partial charge in [-0.25, -0.2) is 0 Å². The number of nitrogens with zero attached hydrogens (tertiary/aromatic N) is 2. The van der Waals surface area contributed by atoms with E-state index in [1.165, 1.54) is 31.4 Å². The number of nitrogens with one attached hydrogen (secondary N) is 1. The highest BCUT2D eigenvalue weighted by molar-refractivity contribution is 7.09. The summed E-state index contributed by atoms with van der Waals surface area (Å²) < 4.78 is 2.37. The molecule has 5 heteroatoms. The standard InChI is InChI=1S/C20H23N3OS/c1-14-10-16(15(2)23(14)18-6-3-4-7-18)11-17(12-21)20(24)22-13-19-8-5-9-25-19/h5,8-11,18H,3-4,6-7,13H2,1-2H3,(H,22,24)/b17-11-. The van der Waals surface area contributed by atoms with Crippen LogP contribution in [0.25, 0.3) is 6.08 Å². The second-order valence-corrected chi connectivity index (χ2v) is 7.60. The van der Waals surface area contributed by atoms with Gasteiger partial charge in [-0.1, -0.05) is 18.9 Å². The maximum absolute atomic E-state index is 12.3. The van der Waals surface area contributed by atoms with Crippen molar-refractivity contribution in [2.75, 3.05) is 0 Å². The van der Waals surface area contributed by atoms with Gasteiger partial charge in [0.1, 0.15) is 11.6 Å². The molecule has 2 aromatic rings. The first-order chi connectivity index (χ1) is 12.1. The van der Waals surface area contributed by atoms with Crippen molar-refractivity contribution < 1.29 is 4.79 Å². The van der Waals surface area contributed by atoms with E-state index in [2.05, 4.69) is 29.8 Å². The van der Waals surface area contributed by atoms with Crippen LogP contribution < -0.4 is 5.32 Å². The number of aromatic nitrogens is 1. The molecular formula is C20H23N3OS. The van der Waals surface area contributed by atoms with Gasteiger partial charge in [0.15, 0.2) is 0 Å². The summed E-state index contributed by atoms with van der Waals surface area (Å²) in [5, 5.41) is 14.2. The topological polar surface area (TPSA) is 57.8 Å². The highest BCUT2D eigenvalue weighted by Crippen LogP contribution is 2.33. The number of aryl methyl sites for hydroxylation is 1. The van der Waals surface area contributed by atoms with E-state index in [0.29, 0.717) is 12.6 Å². The molecule has 0 radical (unpaired) electrons. The van der Waals surface area contributed by atoms with E-state index in [0.717, 1.165) is 16.1 Å². The molecule has 130 valence electrons. The van der Waals surface area contributed by atoms with Crippen molar-refractivity contribution in [1.29, 1.82) is 5.26 Å². The lowest BCUT2D eigenvalue weighted by Gasteiger charge is -2.17. The minimum absolute atomic E-state index is 0.156. The summed E-state index contributed by atoms with van der Waals surface area (Å²) in [4.78, 5) is 13.4. The molecule has 25 heavy (non-hydrogen) atoms. The Morgan fingerprint density at radius 2 is 2.20 bits per heavy atom. The van der Waals surface area contributed by atoms with Crippen LogP contribution in [-0.4, -0.2) is 10.5 Å². The summed E-state index contributed by atoms with van der Waals surface area (Å²) in [6, 6.07) is 8.60. The summed E-state index contributed by atoms with van der Waals surface area (Å²) in [6.45, 7) is 4.64. The molecule has 1 aliphatic carbocycles. The van der Waals surface area contributed by atoms with Crippen LogP contribution in [0.1, 0.15) is 53.6 Å². The number of carbonyl (C=O) groups excluding carboxylic acids is 1. The summed E-state index contributed by atoms with van der Waals surface area (Å²) in [5.41, 5.74) is 3.46. The zero-order chi connectivity index (χ0) is 17.8. The van der Waals surface area contributed by atoms with Gasteiger partial charge in [0, 0.05) is 22.3 Å². The van der Waals surface area contributed by atoms with Gasteiger partial charge in [0.25, 0.3) is 5.91 Å². The van der Waals surface area contributed by atoms with E-state index in [1.807, 2.05) is 23.6 Å². The van der Waals surface area contributed by atoms with Gasteiger partial charge in [0.05, 0.1) is 6.54 Å². The zero-order valence-corrected chi connectivity index (χ0v) is 15.5. The van der Waals surface area contributed by atoms with Gasteiger partial charge in [-0.05, 0) is 55.8 Å². The zero-order valence-electron chi connectivity index (χ0n) is 14.7. The molecular weight excluding hydrogens is 330 g/mol. The molecule has 0 aliphatic heterocycles. The monoisotopic (exact) mass is 353 g/mol. The predicted molar refractivity (Wildman–Crippen MR) is 101 cm³/mol. The van der Waals surface area contributed by atoms with Crippen LogP contribution in [0.2, 0.25) is 0 Å². The first-order valence-electron chi connectivity index (χ1n) is 8.71. The third kappa shape index (κ3) is 3.85. The van der Waals surface area contributed by atoms with Crippen LogP contribution in [0.15, 0.2) is 29.2 Å². The minimum Gasteiger partial charge on any atom is -0.347 e. The molecule has 1 amide bonds. The van der Waals surface area contributed by atoms with Gasteiger partial charge in [-0.15, -0.1) is 11.3 Å². The molecule has 0 atom stereocenters. The SMILES string of the molecule is Cc1cc(/C=C(/C#N)C(=O)NCc2cccs2)c(C)n1C1CCCC1. The van der Waals surface area contributed by atoms with Gasteiger partial charge >= 0.3 is 0 Å². The summed E-state index contributed by atoms with van der Waals surface area (Å²) in [6.07, 6.45) is 6.71. The van der Waals surface area contributed by atoms with Crippen LogP contribution in [0.4, 0.5) is 0 Å². The van der Waals surface area contributed by atoms with Crippen molar-refractivity contribution in [2.24, 2.45) is 0 Å². The van der Waals surface area contributed by atoms with Gasteiger partial charge in [-0.2, -0.15) is 5.26 Å². The maximum atomic E-state index is 12.3. The van der Waals surface area contributed by atoms with E-state index in [4.69, 9.17) is 0 Å². The fourth-order valence-corrected chi connectivity index (χ4v) is 4.30. The van der Waals surface area contributed by atoms with Crippen LogP contribution in [0, 0.1) is 25.2 Å². The first-order valence-corrected chi connectivity index (χ1v) is 9.59. The average molecular weight is 353 g/mol. The van der Waals surface area contributed by atoms with Crippen molar-refractivity contribution in [3.05, 3.63) is 51.0 Å². The molecule has 4 nitrogen and oxygen atoms in total. The van der Waals surface area contributed by atoms with Gasteiger partial charge in [0.2, 0.25) is 0 Å². The van der Waals surface area contributed by atoms with Crippen LogP contribution in [-0.2, 0) is 11.3 Å². The van der Waals surface area contributed by atoms with Gasteiger partial charge in [-0.3, -0.25) is 4.79 Å². The lowest BCUT2D eigenvalue weighted by molar-refractivity contribution is -0.117. The highest BCUT2D eigenvalue weighted by atomic mass is 32.1. The number of rotatable bonds is 5. The van der Waals surface area contributed by atoms with E-state index in [-0.39, 0.29) is 11.5 Å². The molecule has 0 bridgehead atoms. The molecule has 2 aromatic heterocycles. The van der Waals surface area contributed by atoms with Crippen LogP contribution in [0.5, 0.6) is 0 Å². The summed E-state index contributed by atoms with van der Waals surface area (Å²) in [5.74, 6) is -0.318. The predicted octanol–water partition coefficient (Wildman–Crippen LogP) is 4.50. The smallest absolute Gasteiger partial charge is 0.262 e. The molecule has 0 spiro atoms. The maximum Gasteiger partial charge on any atom is 0.262 e. The molecule has 3 rings (SSSR count). The van der Waals surface area contributed by atoms with Gasteiger partial charge < -0.3 is 9.88 Å². The normalized spacial score (nSPS) is 15.3. The van der Waals surface area contributed by atoms with E-state index in [1.54, 1.807) is 17.4 Å². The number of carbonyl (C=O) groups is 1. The van der Waals surface area contributed by atoms with Crippen molar-refractivity contribution in [3.8, 4) is 6.07 Å². The summed E-state index contributed by atoms with van der Waals surface area (Å²) in [7, 11) is 0. The minimum atomic E-state index is -0.318. The molecule has 0 unspecified atom stereocenters. The second kappa shape index (κ2) is 7.71. The molecule has 1 aliphatic rings. The fourth-order valence-electron chi connectivity index (χ4n) is 3.65. The third-order valence-electron chi connectivity index (χ3n) is 4.88. The lowest BCUT2D eigenvalue weighted by atomic mass is 10.1. The summed E-state index contributed by atoms with van der Waals surface area (Å²) >= 11 is 1.59. The van der Waals surface area contributed by atoms with Crippen LogP contribution in [0.3, 0.4) is 0 Å². The van der Waals surface area contributed by atoms with E-state index < -0.39 is 0 Å². The Morgan fingerprint density at radius 1 is 1.44 bits per heavy atom. The van der Waals surface area contributed by atoms with Crippen molar-refractivity contribution in [3.63, 3.8) is 0 Å². The Bertz CT molecular complexity index is 818. The molecule has 0 saturated heterocycles. The van der Waals surface area contributed by atoms with E-state index in [9.17, 15) is 10.1 Å². The molecule has 1 saturated carbocycles. The second-order valence-electron chi connectivity index (χ2n) is 6.57. The van der Waals surface area contributed by atoms with E-state index >= 15 is 0 Å². The van der Waals surface area contributed by atoms with Crippen molar-refractivity contribution in [1.82, 2.24) is 9.88 Å². The van der Waals surface area contributed by atoms with Crippen molar-refractivity contribution in [2.45, 2.75) is 52.1 Å². The third-order valence-corrected chi connectivity index (χ3v) is 5.76. The fraction of sp³-hybridized carbons (Fsp3) is 0.400. The Morgan fingerprint density at radius 3 is 2.84 bits per heavy atom. The van der Waals surface area contributed by atoms with Crippen LogP contribution >= 0.6 is 11.3 Å². The molecule has 1 fully saturated rings. The number of nitriles is 1. The number of hydrogen-bond donors (Lipinski definition) is 1.